The van der Waals surface area contributed by atoms with Gasteiger partial charge in [0.1, 0.15) is 0 Å². The van der Waals surface area contributed by atoms with E-state index in [4.69, 9.17) is 0 Å². The molecule has 6 nitrogen and oxygen atoms in total. The molecule has 28 heavy (non-hydrogen) atoms. The summed E-state index contributed by atoms with van der Waals surface area (Å²) in [7, 11) is 0. The first kappa shape index (κ1) is 20.8. The van der Waals surface area contributed by atoms with Crippen molar-refractivity contribution in [3.05, 3.63) is 30.0 Å². The average molecular weight is 387 g/mol. The largest absolute Gasteiger partial charge is 0.396 e. The minimum Gasteiger partial charge on any atom is -0.396 e. The summed E-state index contributed by atoms with van der Waals surface area (Å²) in [6.45, 7) is 11.8. The van der Waals surface area contributed by atoms with Gasteiger partial charge in [-0.3, -0.25) is 14.4 Å². The normalized spacial score (nSPS) is 21.0. The molecule has 0 radical (unpaired) electrons. The van der Waals surface area contributed by atoms with Crippen LogP contribution in [0.1, 0.15) is 70.4 Å². The second kappa shape index (κ2) is 8.21. The smallest absolute Gasteiger partial charge is 0.272 e. The summed E-state index contributed by atoms with van der Waals surface area (Å²) in [6.07, 6.45) is 2.65. The highest BCUT2D eigenvalue weighted by atomic mass is 16.3. The first-order chi connectivity index (χ1) is 13.2. The summed E-state index contributed by atoms with van der Waals surface area (Å²) in [4.78, 5) is 15.5. The number of aromatic nitrogens is 2. The van der Waals surface area contributed by atoms with Crippen molar-refractivity contribution in [3.63, 3.8) is 0 Å². The number of para-hydroxylation sites is 1. The van der Waals surface area contributed by atoms with E-state index in [2.05, 4.69) is 49.9 Å². The fourth-order valence-corrected chi connectivity index (χ4v) is 4.35. The van der Waals surface area contributed by atoms with Gasteiger partial charge < -0.3 is 10.4 Å². The Kier molecular flexibility index (Phi) is 6.10. The van der Waals surface area contributed by atoms with Gasteiger partial charge in [-0.15, -0.1) is 0 Å². The number of hydrogen-bond donors (Lipinski definition) is 2. The van der Waals surface area contributed by atoms with Crippen LogP contribution in [0.3, 0.4) is 0 Å². The summed E-state index contributed by atoms with van der Waals surface area (Å²) in [6, 6.07) is 8.58. The second-order valence-corrected chi connectivity index (χ2v) is 9.15. The predicted octanol–water partition coefficient (Wildman–Crippen LogP) is 3.36. The number of fused-ring (bicyclic) bond motifs is 1. The number of hydrogen-bond acceptors (Lipinski definition) is 4. The lowest BCUT2D eigenvalue weighted by Crippen LogP contribution is -2.46. The molecule has 1 aliphatic rings. The number of benzene rings is 1. The topological polar surface area (TPSA) is 70.4 Å². The third kappa shape index (κ3) is 4.23. The lowest BCUT2D eigenvalue weighted by Gasteiger charge is -2.37. The molecular formula is C22H34N4O2. The van der Waals surface area contributed by atoms with Gasteiger partial charge in [-0.25, -0.2) is 0 Å². The molecule has 0 bridgehead atoms. The maximum absolute atomic E-state index is 13.1. The van der Waals surface area contributed by atoms with E-state index in [0.29, 0.717) is 11.7 Å². The molecule has 2 atom stereocenters. The maximum atomic E-state index is 13.1. The van der Waals surface area contributed by atoms with Crippen molar-refractivity contribution in [1.29, 1.82) is 0 Å². The number of nitrogens with one attached hydrogen (secondary N) is 1. The number of carbonyl (C=O) groups excluding carboxylic acids is 1. The van der Waals surface area contributed by atoms with Crippen LogP contribution in [0.25, 0.3) is 10.9 Å². The fraction of sp³-hybridized carbons (Fsp3) is 0.636. The first-order valence-corrected chi connectivity index (χ1v) is 10.4. The van der Waals surface area contributed by atoms with Crippen LogP contribution in [0.4, 0.5) is 0 Å². The van der Waals surface area contributed by atoms with Crippen LogP contribution in [-0.4, -0.2) is 56.5 Å². The molecule has 0 saturated carbocycles. The third-order valence-corrected chi connectivity index (χ3v) is 5.62. The van der Waals surface area contributed by atoms with Crippen LogP contribution in [-0.2, 0) is 0 Å². The van der Waals surface area contributed by atoms with E-state index in [-0.39, 0.29) is 30.1 Å². The zero-order valence-corrected chi connectivity index (χ0v) is 17.8. The first-order valence-electron chi connectivity index (χ1n) is 10.4. The Morgan fingerprint density at radius 1 is 1.32 bits per heavy atom. The molecule has 1 amide bonds. The van der Waals surface area contributed by atoms with Gasteiger partial charge in [-0.05, 0) is 59.9 Å². The standard InChI is InChI=1S/C22H34N4O2/c1-15(2)26-19-11-7-6-10-18(19)20(24-26)21(28)23-16-13-17(9-8-12-27)25(14-16)22(3,4)5/h6-7,10-11,15-17,27H,8-9,12-14H2,1-5H3,(H,23,28)/t16-,17+/m0/s1. The Bertz CT molecular complexity index is 822. The Labute approximate surface area is 167 Å². The van der Waals surface area contributed by atoms with E-state index < -0.39 is 0 Å². The van der Waals surface area contributed by atoms with Crippen molar-refractivity contribution >= 4 is 16.8 Å². The van der Waals surface area contributed by atoms with Crippen LogP contribution in [0, 0.1) is 0 Å². The minimum atomic E-state index is -0.0998. The zero-order valence-electron chi connectivity index (χ0n) is 17.8. The number of nitrogens with zero attached hydrogens (tertiary/aromatic N) is 3. The van der Waals surface area contributed by atoms with Gasteiger partial charge in [0.2, 0.25) is 0 Å². The van der Waals surface area contributed by atoms with Crippen molar-refractivity contribution in [1.82, 2.24) is 20.0 Å². The molecule has 2 aromatic rings. The molecule has 1 fully saturated rings. The van der Waals surface area contributed by atoms with Crippen LogP contribution in [0.5, 0.6) is 0 Å². The molecule has 0 unspecified atom stereocenters. The van der Waals surface area contributed by atoms with Crippen LogP contribution in [0.2, 0.25) is 0 Å². The lowest BCUT2D eigenvalue weighted by molar-refractivity contribution is 0.0918. The second-order valence-electron chi connectivity index (χ2n) is 9.15. The molecule has 1 aromatic carbocycles. The molecule has 0 aliphatic carbocycles. The van der Waals surface area contributed by atoms with Gasteiger partial charge >= 0.3 is 0 Å². The zero-order chi connectivity index (χ0) is 20.5. The van der Waals surface area contributed by atoms with E-state index in [0.717, 1.165) is 36.7 Å². The monoisotopic (exact) mass is 386 g/mol. The van der Waals surface area contributed by atoms with E-state index in [1.807, 2.05) is 28.9 Å². The van der Waals surface area contributed by atoms with Crippen molar-refractivity contribution in [3.8, 4) is 0 Å². The van der Waals surface area contributed by atoms with Gasteiger partial charge in [0.25, 0.3) is 5.91 Å². The number of aliphatic hydroxyl groups is 1. The molecular weight excluding hydrogens is 352 g/mol. The Hall–Kier alpha value is -1.92. The fourth-order valence-electron chi connectivity index (χ4n) is 4.35. The SMILES string of the molecule is CC(C)n1nc(C(=O)N[C@H]2C[C@@H](CCCO)N(C(C)(C)C)C2)c2ccccc21. The van der Waals surface area contributed by atoms with Crippen molar-refractivity contribution in [2.45, 2.75) is 77.5 Å². The summed E-state index contributed by atoms with van der Waals surface area (Å²) < 4.78 is 1.92. The molecule has 154 valence electrons. The van der Waals surface area contributed by atoms with Crippen molar-refractivity contribution in [2.75, 3.05) is 13.2 Å². The van der Waals surface area contributed by atoms with E-state index in [9.17, 15) is 9.90 Å². The van der Waals surface area contributed by atoms with Gasteiger partial charge in [-0.2, -0.15) is 5.10 Å². The Morgan fingerprint density at radius 3 is 2.68 bits per heavy atom. The molecule has 0 spiro atoms. The highest BCUT2D eigenvalue weighted by molar-refractivity contribution is 6.05. The molecule has 1 aliphatic heterocycles. The highest BCUT2D eigenvalue weighted by Gasteiger charge is 2.38. The van der Waals surface area contributed by atoms with Gasteiger partial charge in [0.15, 0.2) is 5.69 Å². The number of likely N-dealkylation sites (tertiary alicyclic amines) is 1. The quantitative estimate of drug-likeness (QED) is 0.799. The van der Waals surface area contributed by atoms with Crippen LogP contribution in [0.15, 0.2) is 24.3 Å². The lowest BCUT2D eigenvalue weighted by atomic mass is 10.0. The molecule has 1 aromatic heterocycles. The van der Waals surface area contributed by atoms with Gasteiger partial charge in [-0.1, -0.05) is 18.2 Å². The maximum Gasteiger partial charge on any atom is 0.272 e. The van der Waals surface area contributed by atoms with E-state index in [1.165, 1.54) is 0 Å². The highest BCUT2D eigenvalue weighted by Crippen LogP contribution is 2.30. The van der Waals surface area contributed by atoms with Crippen LogP contribution < -0.4 is 5.32 Å². The molecule has 2 N–H and O–H groups in total. The molecule has 1 saturated heterocycles. The van der Waals surface area contributed by atoms with Gasteiger partial charge in [0, 0.05) is 42.2 Å². The van der Waals surface area contributed by atoms with Crippen molar-refractivity contribution < 1.29 is 9.90 Å². The number of amides is 1. The van der Waals surface area contributed by atoms with E-state index in [1.54, 1.807) is 0 Å². The molecule has 3 rings (SSSR count). The molecule has 2 heterocycles. The predicted molar refractivity (Wildman–Crippen MR) is 113 cm³/mol. The number of carbonyl (C=O) groups is 1. The summed E-state index contributed by atoms with van der Waals surface area (Å²) in [5.74, 6) is -0.0998. The van der Waals surface area contributed by atoms with E-state index >= 15 is 0 Å². The average Bonchev–Trinajstić information content (AvgIpc) is 3.21. The van der Waals surface area contributed by atoms with Crippen LogP contribution >= 0.6 is 0 Å². The summed E-state index contributed by atoms with van der Waals surface area (Å²) >= 11 is 0. The number of aliphatic hydroxyl groups excluding tert-OH is 1. The van der Waals surface area contributed by atoms with Gasteiger partial charge in [0.05, 0.1) is 5.52 Å². The van der Waals surface area contributed by atoms with Crippen molar-refractivity contribution in [2.24, 2.45) is 0 Å². The Balaban J connectivity index is 1.79. The molecule has 6 heteroatoms. The third-order valence-electron chi connectivity index (χ3n) is 5.62. The minimum absolute atomic E-state index is 0.0333. The summed E-state index contributed by atoms with van der Waals surface area (Å²) in [5, 5.41) is 18.0. The Morgan fingerprint density at radius 2 is 2.04 bits per heavy atom. The summed E-state index contributed by atoms with van der Waals surface area (Å²) in [5.41, 5.74) is 1.53. The number of rotatable bonds is 6.